The molecule has 1 aliphatic carbocycles. The van der Waals surface area contributed by atoms with E-state index in [0.717, 1.165) is 18.4 Å². The largest absolute Gasteiger partial charge is 0.372 e. The van der Waals surface area contributed by atoms with E-state index in [2.05, 4.69) is 22.4 Å². The normalized spacial score (nSPS) is 15.8. The average molecular weight is 314 g/mol. The third-order valence-corrected chi connectivity index (χ3v) is 4.71. The summed E-state index contributed by atoms with van der Waals surface area (Å²) in [5, 5.41) is 16.5. The van der Waals surface area contributed by atoms with Crippen LogP contribution in [0.15, 0.2) is 41.9 Å². The highest BCUT2D eigenvalue weighted by Crippen LogP contribution is 2.44. The maximum atomic E-state index is 11.4. The molecule has 2 heterocycles. The van der Waals surface area contributed by atoms with Crippen molar-refractivity contribution in [2.75, 3.05) is 5.32 Å². The first kappa shape index (κ1) is 13.3. The lowest BCUT2D eigenvalue weighted by Crippen LogP contribution is -2.14. The minimum Gasteiger partial charge on any atom is -0.358 e. The van der Waals surface area contributed by atoms with E-state index in [-0.39, 0.29) is 16.8 Å². The standard InChI is InChI=1S/C15H14N4O2S/c20-19(21)14-13(17-15-18(14)8-9-22-15)16-12(11-6-7-11)10-4-2-1-3-5-10/h1-5,8-9,11-12,16H,6-7H2. The van der Waals surface area contributed by atoms with E-state index in [0.29, 0.717) is 16.7 Å². The third-order valence-electron chi connectivity index (χ3n) is 3.95. The van der Waals surface area contributed by atoms with Crippen LogP contribution in [0.3, 0.4) is 0 Å². The number of nitro groups is 1. The van der Waals surface area contributed by atoms with Crippen molar-refractivity contribution in [3.8, 4) is 0 Å². The maximum Gasteiger partial charge on any atom is 0.372 e. The predicted octanol–water partition coefficient (Wildman–Crippen LogP) is 3.87. The van der Waals surface area contributed by atoms with Crippen molar-refractivity contribution in [3.63, 3.8) is 0 Å². The van der Waals surface area contributed by atoms with E-state index < -0.39 is 0 Å². The molecule has 112 valence electrons. The number of aromatic nitrogens is 2. The van der Waals surface area contributed by atoms with E-state index in [1.807, 2.05) is 18.2 Å². The molecule has 7 heteroatoms. The first-order valence-corrected chi connectivity index (χ1v) is 8.03. The molecule has 1 aromatic carbocycles. The quantitative estimate of drug-likeness (QED) is 0.573. The summed E-state index contributed by atoms with van der Waals surface area (Å²) >= 11 is 1.39. The number of nitrogens with one attached hydrogen (secondary N) is 1. The molecule has 1 N–H and O–H groups in total. The van der Waals surface area contributed by atoms with Crippen LogP contribution < -0.4 is 5.32 Å². The average Bonchev–Trinajstić information content (AvgIpc) is 3.15. The van der Waals surface area contributed by atoms with E-state index >= 15 is 0 Å². The molecule has 1 saturated carbocycles. The van der Waals surface area contributed by atoms with Crippen LogP contribution in [0.2, 0.25) is 0 Å². The van der Waals surface area contributed by atoms with E-state index in [1.54, 1.807) is 11.6 Å². The second kappa shape index (κ2) is 5.10. The highest BCUT2D eigenvalue weighted by Gasteiger charge is 2.35. The first-order valence-electron chi connectivity index (χ1n) is 7.15. The molecule has 0 spiro atoms. The summed E-state index contributed by atoms with van der Waals surface area (Å²) in [4.78, 5) is 16.1. The van der Waals surface area contributed by atoms with Gasteiger partial charge in [0.15, 0.2) is 0 Å². The molecule has 2 aromatic heterocycles. The molecular formula is C15H14N4O2S. The molecule has 4 rings (SSSR count). The second-order valence-corrected chi connectivity index (χ2v) is 6.34. The second-order valence-electron chi connectivity index (χ2n) is 5.47. The van der Waals surface area contributed by atoms with E-state index in [4.69, 9.17) is 0 Å². The van der Waals surface area contributed by atoms with Gasteiger partial charge in [-0.1, -0.05) is 41.7 Å². The van der Waals surface area contributed by atoms with Gasteiger partial charge in [0.1, 0.15) is 6.20 Å². The zero-order valence-corrected chi connectivity index (χ0v) is 12.5. The maximum absolute atomic E-state index is 11.4. The number of imidazole rings is 1. The van der Waals surface area contributed by atoms with Crippen molar-refractivity contribution in [3.05, 3.63) is 57.6 Å². The molecule has 1 aliphatic rings. The summed E-state index contributed by atoms with van der Waals surface area (Å²) in [7, 11) is 0. The summed E-state index contributed by atoms with van der Waals surface area (Å²) in [5.41, 5.74) is 1.15. The number of fused-ring (bicyclic) bond motifs is 1. The van der Waals surface area contributed by atoms with Gasteiger partial charge in [0.25, 0.3) is 4.96 Å². The Labute approximate surface area is 130 Å². The van der Waals surface area contributed by atoms with Crippen molar-refractivity contribution >= 4 is 27.9 Å². The molecule has 0 radical (unpaired) electrons. The predicted molar refractivity (Wildman–Crippen MR) is 85.3 cm³/mol. The monoisotopic (exact) mass is 314 g/mol. The molecule has 1 fully saturated rings. The Balaban J connectivity index is 1.73. The van der Waals surface area contributed by atoms with Crippen LogP contribution in [0.5, 0.6) is 0 Å². The Hall–Kier alpha value is -2.41. The highest BCUT2D eigenvalue weighted by molar-refractivity contribution is 7.15. The Kier molecular flexibility index (Phi) is 3.07. The lowest BCUT2D eigenvalue weighted by Gasteiger charge is -2.18. The van der Waals surface area contributed by atoms with Crippen molar-refractivity contribution in [1.29, 1.82) is 0 Å². The molecule has 1 atom stereocenters. The van der Waals surface area contributed by atoms with E-state index in [1.165, 1.54) is 15.7 Å². The summed E-state index contributed by atoms with van der Waals surface area (Å²) in [5.74, 6) is 0.886. The van der Waals surface area contributed by atoms with Gasteiger partial charge < -0.3 is 15.4 Å². The van der Waals surface area contributed by atoms with Crippen LogP contribution >= 0.6 is 11.3 Å². The van der Waals surface area contributed by atoms with Gasteiger partial charge in [-0.15, -0.1) is 0 Å². The SMILES string of the molecule is O=[N+]([O-])c1c(NC(c2ccccc2)C2CC2)nc2sccn12. The fourth-order valence-corrected chi connectivity index (χ4v) is 3.46. The Morgan fingerprint density at radius 2 is 2.14 bits per heavy atom. The zero-order valence-electron chi connectivity index (χ0n) is 11.7. The van der Waals surface area contributed by atoms with E-state index in [9.17, 15) is 10.1 Å². The minimum absolute atomic E-state index is 0.0119. The van der Waals surface area contributed by atoms with Gasteiger partial charge in [-0.2, -0.15) is 9.38 Å². The van der Waals surface area contributed by atoms with Crippen LogP contribution in [0.4, 0.5) is 11.6 Å². The van der Waals surface area contributed by atoms with Gasteiger partial charge in [0.05, 0.1) is 6.04 Å². The number of hydrogen-bond donors (Lipinski definition) is 1. The molecule has 1 unspecified atom stereocenters. The molecule has 0 saturated heterocycles. The zero-order chi connectivity index (χ0) is 15.1. The fraction of sp³-hybridized carbons (Fsp3) is 0.267. The number of nitrogens with zero attached hydrogens (tertiary/aromatic N) is 3. The molecule has 6 nitrogen and oxygen atoms in total. The van der Waals surface area contributed by atoms with Gasteiger partial charge in [-0.25, -0.2) is 0 Å². The van der Waals surface area contributed by atoms with Crippen molar-refractivity contribution in [2.24, 2.45) is 5.92 Å². The van der Waals surface area contributed by atoms with Crippen LogP contribution in [0.25, 0.3) is 4.96 Å². The van der Waals surface area contributed by atoms with Crippen molar-refractivity contribution < 1.29 is 4.92 Å². The number of anilines is 1. The first-order chi connectivity index (χ1) is 10.7. The van der Waals surface area contributed by atoms with Gasteiger partial charge in [0.2, 0.25) is 5.82 Å². The minimum atomic E-state index is -0.371. The van der Waals surface area contributed by atoms with Crippen LogP contribution in [-0.4, -0.2) is 14.3 Å². The van der Waals surface area contributed by atoms with Gasteiger partial charge in [0, 0.05) is 5.38 Å². The number of benzene rings is 1. The summed E-state index contributed by atoms with van der Waals surface area (Å²) < 4.78 is 1.53. The summed E-state index contributed by atoms with van der Waals surface area (Å²) in [6.07, 6.45) is 3.97. The van der Waals surface area contributed by atoms with Gasteiger partial charge in [-0.05, 0) is 29.2 Å². The fourth-order valence-electron chi connectivity index (χ4n) is 2.76. The van der Waals surface area contributed by atoms with Crippen LogP contribution in [0, 0.1) is 16.0 Å². The highest BCUT2D eigenvalue weighted by atomic mass is 32.1. The smallest absolute Gasteiger partial charge is 0.358 e. The van der Waals surface area contributed by atoms with Crippen LogP contribution in [-0.2, 0) is 0 Å². The number of rotatable bonds is 5. The van der Waals surface area contributed by atoms with Crippen molar-refractivity contribution in [1.82, 2.24) is 9.38 Å². The molecular weight excluding hydrogens is 300 g/mol. The Bertz CT molecular complexity index is 823. The topological polar surface area (TPSA) is 72.5 Å². The Morgan fingerprint density at radius 3 is 2.82 bits per heavy atom. The lowest BCUT2D eigenvalue weighted by molar-refractivity contribution is -0.389. The lowest BCUT2D eigenvalue weighted by atomic mass is 10.0. The summed E-state index contributed by atoms with van der Waals surface area (Å²) in [6.45, 7) is 0. The summed E-state index contributed by atoms with van der Waals surface area (Å²) in [6, 6.07) is 10.1. The van der Waals surface area contributed by atoms with Gasteiger partial charge >= 0.3 is 5.82 Å². The molecule has 3 aromatic rings. The molecule has 0 aliphatic heterocycles. The molecule has 0 bridgehead atoms. The van der Waals surface area contributed by atoms with Crippen molar-refractivity contribution in [2.45, 2.75) is 18.9 Å². The number of thiazole rings is 1. The van der Waals surface area contributed by atoms with Crippen LogP contribution in [0.1, 0.15) is 24.4 Å². The molecule has 22 heavy (non-hydrogen) atoms. The van der Waals surface area contributed by atoms with Gasteiger partial charge in [-0.3, -0.25) is 0 Å². The Morgan fingerprint density at radius 1 is 1.36 bits per heavy atom. The molecule has 0 amide bonds. The number of hydrogen-bond acceptors (Lipinski definition) is 5. The third kappa shape index (κ3) is 2.23.